The maximum Gasteiger partial charge on any atom is 0.332 e. The lowest BCUT2D eigenvalue weighted by atomic mass is 10.2. The van der Waals surface area contributed by atoms with Gasteiger partial charge in [0.1, 0.15) is 6.54 Å². The first-order valence-corrected chi connectivity index (χ1v) is 13.2. The number of thiazole rings is 1. The predicted octanol–water partition coefficient (Wildman–Crippen LogP) is 2.18. The number of aryl methyl sites for hydroxylation is 2. The SMILES string of the molecule is Cc1cc(Cl)cc2sc(N(CCCN3CCOCC3)C(=O)Cn3cnc4c3c(=O)n(C)c(=O)n4C)nc12.Cl. The number of ether oxygens (including phenoxy) is 1. The predicted molar refractivity (Wildman–Crippen MR) is 151 cm³/mol. The van der Waals surface area contributed by atoms with E-state index in [0.29, 0.717) is 29.9 Å². The number of anilines is 1. The van der Waals surface area contributed by atoms with Crippen molar-refractivity contribution in [1.82, 2.24) is 28.6 Å². The van der Waals surface area contributed by atoms with Crippen LogP contribution in [0.2, 0.25) is 5.02 Å². The summed E-state index contributed by atoms with van der Waals surface area (Å²) >= 11 is 7.68. The highest BCUT2D eigenvalue weighted by Gasteiger charge is 2.23. The molecule has 0 spiro atoms. The second-order valence-electron chi connectivity index (χ2n) is 9.17. The Hall–Kier alpha value is -2.77. The Morgan fingerprint density at radius 1 is 1.18 bits per heavy atom. The molecule has 38 heavy (non-hydrogen) atoms. The van der Waals surface area contributed by atoms with Gasteiger partial charge in [-0.3, -0.25) is 28.5 Å². The molecule has 0 aliphatic carbocycles. The molecule has 0 radical (unpaired) electrons. The van der Waals surface area contributed by atoms with E-state index in [1.54, 1.807) is 11.9 Å². The van der Waals surface area contributed by atoms with Crippen LogP contribution in [0.15, 0.2) is 28.0 Å². The number of carbonyl (C=O) groups excluding carboxylic acids is 1. The monoisotopic (exact) mass is 581 g/mol. The van der Waals surface area contributed by atoms with E-state index in [1.807, 2.05) is 19.1 Å². The van der Waals surface area contributed by atoms with Gasteiger partial charge in [-0.1, -0.05) is 22.9 Å². The van der Waals surface area contributed by atoms with Gasteiger partial charge in [0.2, 0.25) is 5.91 Å². The van der Waals surface area contributed by atoms with Gasteiger partial charge in [-0.15, -0.1) is 12.4 Å². The molecule has 11 nitrogen and oxygen atoms in total. The van der Waals surface area contributed by atoms with E-state index in [9.17, 15) is 14.4 Å². The van der Waals surface area contributed by atoms with E-state index >= 15 is 0 Å². The van der Waals surface area contributed by atoms with Gasteiger partial charge >= 0.3 is 5.69 Å². The molecule has 1 fully saturated rings. The van der Waals surface area contributed by atoms with E-state index in [-0.39, 0.29) is 36.0 Å². The molecule has 0 N–H and O–H groups in total. The molecule has 14 heteroatoms. The van der Waals surface area contributed by atoms with Crippen molar-refractivity contribution in [3.05, 3.63) is 49.9 Å². The average Bonchev–Trinajstić information content (AvgIpc) is 3.49. The molecule has 1 aliphatic rings. The topological polar surface area (TPSA) is 107 Å². The van der Waals surface area contributed by atoms with E-state index in [1.165, 1.54) is 33.8 Å². The van der Waals surface area contributed by atoms with Gasteiger partial charge in [-0.25, -0.2) is 14.8 Å². The fourth-order valence-corrected chi connectivity index (χ4v) is 6.07. The molecule has 4 aromatic rings. The van der Waals surface area contributed by atoms with Crippen LogP contribution in [0.1, 0.15) is 12.0 Å². The number of benzene rings is 1. The van der Waals surface area contributed by atoms with Gasteiger partial charge in [0.15, 0.2) is 16.3 Å². The number of aromatic nitrogens is 5. The first-order valence-electron chi connectivity index (χ1n) is 12.0. The van der Waals surface area contributed by atoms with Crippen LogP contribution in [0.5, 0.6) is 0 Å². The Kier molecular flexibility index (Phi) is 8.58. The number of hydrogen-bond acceptors (Lipinski definition) is 8. The molecule has 5 rings (SSSR count). The summed E-state index contributed by atoms with van der Waals surface area (Å²) < 4.78 is 10.2. The quantitative estimate of drug-likeness (QED) is 0.329. The smallest absolute Gasteiger partial charge is 0.332 e. The highest BCUT2D eigenvalue weighted by molar-refractivity contribution is 7.22. The average molecular weight is 583 g/mol. The standard InChI is InChI=1S/C24H28ClN7O4S.ClH/c1-15-11-16(25)12-17-19(15)27-23(37-17)32(6-4-5-30-7-9-36-10-8-30)18(33)13-31-14-26-21-20(31)22(34)29(3)24(35)28(21)2;/h11-12,14H,4-10,13H2,1-3H3;1H. The zero-order valence-corrected chi connectivity index (χ0v) is 23.7. The summed E-state index contributed by atoms with van der Waals surface area (Å²) in [5, 5.41) is 1.20. The summed E-state index contributed by atoms with van der Waals surface area (Å²) in [6.45, 7) is 6.30. The molecular formula is C24H29Cl2N7O4S. The Balaban J connectivity index is 0.00000336. The molecule has 3 aromatic heterocycles. The second kappa shape index (κ2) is 11.5. The van der Waals surface area contributed by atoms with Gasteiger partial charge < -0.3 is 9.30 Å². The third-order valence-corrected chi connectivity index (χ3v) is 7.90. The van der Waals surface area contributed by atoms with E-state index < -0.39 is 11.2 Å². The van der Waals surface area contributed by atoms with Crippen molar-refractivity contribution >= 4 is 67.8 Å². The Labute approximate surface area is 233 Å². The zero-order valence-electron chi connectivity index (χ0n) is 21.3. The Morgan fingerprint density at radius 2 is 1.92 bits per heavy atom. The summed E-state index contributed by atoms with van der Waals surface area (Å²) in [6.07, 6.45) is 2.18. The largest absolute Gasteiger partial charge is 0.379 e. The summed E-state index contributed by atoms with van der Waals surface area (Å²) in [6, 6.07) is 3.71. The number of carbonyl (C=O) groups is 1. The number of fused-ring (bicyclic) bond motifs is 2. The molecule has 1 aliphatic heterocycles. The van der Waals surface area contributed by atoms with Gasteiger partial charge in [0.05, 0.1) is 29.8 Å². The number of morpholine rings is 1. The highest BCUT2D eigenvalue weighted by atomic mass is 35.5. The van der Waals surface area contributed by atoms with Crippen molar-refractivity contribution < 1.29 is 9.53 Å². The lowest BCUT2D eigenvalue weighted by Crippen LogP contribution is -2.40. The van der Waals surface area contributed by atoms with Gasteiger partial charge in [-0.2, -0.15) is 0 Å². The zero-order chi connectivity index (χ0) is 26.3. The summed E-state index contributed by atoms with van der Waals surface area (Å²) in [4.78, 5) is 51.9. The fourth-order valence-electron chi connectivity index (χ4n) is 4.61. The molecule has 4 heterocycles. The van der Waals surface area contributed by atoms with Crippen LogP contribution in [-0.2, 0) is 30.2 Å². The summed E-state index contributed by atoms with van der Waals surface area (Å²) in [7, 11) is 2.96. The molecule has 0 saturated carbocycles. The van der Waals surface area contributed by atoms with Gasteiger partial charge in [0.25, 0.3) is 5.56 Å². The van der Waals surface area contributed by atoms with Crippen molar-refractivity contribution in [3.63, 3.8) is 0 Å². The number of amides is 1. The molecule has 204 valence electrons. The molecule has 1 aromatic carbocycles. The number of halogens is 2. The minimum atomic E-state index is -0.493. The fraction of sp³-hybridized carbons (Fsp3) is 0.458. The lowest BCUT2D eigenvalue weighted by Gasteiger charge is -2.27. The van der Waals surface area contributed by atoms with Crippen LogP contribution >= 0.6 is 35.3 Å². The van der Waals surface area contributed by atoms with Crippen LogP contribution in [0.4, 0.5) is 5.13 Å². The summed E-state index contributed by atoms with van der Waals surface area (Å²) in [5.41, 5.74) is 1.24. The van der Waals surface area contributed by atoms with Gasteiger partial charge in [0, 0.05) is 45.3 Å². The van der Waals surface area contributed by atoms with Crippen molar-refractivity contribution in [2.45, 2.75) is 19.9 Å². The van der Waals surface area contributed by atoms with E-state index in [4.69, 9.17) is 21.3 Å². The van der Waals surface area contributed by atoms with Crippen LogP contribution in [-0.4, -0.2) is 73.9 Å². The number of hydrogen-bond donors (Lipinski definition) is 0. The van der Waals surface area contributed by atoms with Crippen molar-refractivity contribution in [2.75, 3.05) is 44.3 Å². The Bertz CT molecular complexity index is 1600. The summed E-state index contributed by atoms with van der Waals surface area (Å²) in [5.74, 6) is -0.222. The van der Waals surface area contributed by atoms with Crippen LogP contribution in [0, 0.1) is 6.92 Å². The van der Waals surface area contributed by atoms with Crippen LogP contribution < -0.4 is 16.1 Å². The number of rotatable bonds is 7. The molecule has 1 amide bonds. The van der Waals surface area contributed by atoms with Crippen LogP contribution in [0.25, 0.3) is 21.4 Å². The Morgan fingerprint density at radius 3 is 2.66 bits per heavy atom. The molecular weight excluding hydrogens is 553 g/mol. The normalized spacial score (nSPS) is 14.2. The van der Waals surface area contributed by atoms with E-state index in [2.05, 4.69) is 9.88 Å². The third kappa shape index (κ3) is 5.36. The third-order valence-electron chi connectivity index (χ3n) is 6.65. The number of imidazole rings is 1. The first-order chi connectivity index (χ1) is 17.7. The molecule has 0 atom stereocenters. The van der Waals surface area contributed by atoms with Crippen molar-refractivity contribution in [3.8, 4) is 0 Å². The first kappa shape index (κ1) is 28.2. The van der Waals surface area contributed by atoms with Crippen molar-refractivity contribution in [1.29, 1.82) is 0 Å². The van der Waals surface area contributed by atoms with E-state index in [0.717, 1.165) is 46.4 Å². The maximum atomic E-state index is 13.7. The highest BCUT2D eigenvalue weighted by Crippen LogP contribution is 2.33. The van der Waals surface area contributed by atoms with Crippen molar-refractivity contribution in [2.24, 2.45) is 14.1 Å². The van der Waals surface area contributed by atoms with Crippen LogP contribution in [0.3, 0.4) is 0 Å². The lowest BCUT2D eigenvalue weighted by molar-refractivity contribution is -0.119. The minimum absolute atomic E-state index is 0. The number of nitrogens with zero attached hydrogens (tertiary/aromatic N) is 7. The van der Waals surface area contributed by atoms with Gasteiger partial charge in [-0.05, 0) is 31.0 Å². The molecule has 0 unspecified atom stereocenters. The maximum absolute atomic E-state index is 13.7. The molecule has 0 bridgehead atoms. The minimum Gasteiger partial charge on any atom is -0.379 e. The second-order valence-corrected chi connectivity index (χ2v) is 10.6. The molecule has 1 saturated heterocycles.